The van der Waals surface area contributed by atoms with Gasteiger partial charge >= 0.3 is 5.97 Å². The smallest absolute Gasteiger partial charge is 0.335 e. The minimum Gasteiger partial charge on any atom is -0.478 e. The van der Waals surface area contributed by atoms with Crippen LogP contribution in [-0.2, 0) is 31.1 Å². The fourth-order valence-corrected chi connectivity index (χ4v) is 7.24. The maximum atomic E-state index is 11.7. The fraction of sp³-hybridized carbons (Fsp3) is 0.394. The summed E-state index contributed by atoms with van der Waals surface area (Å²) in [6.07, 6.45) is 10.0. The highest BCUT2D eigenvalue weighted by molar-refractivity contribution is 7.86. The average molecular weight is 658 g/mol. The van der Waals surface area contributed by atoms with E-state index in [0.717, 1.165) is 39.5 Å². The lowest BCUT2D eigenvalue weighted by molar-refractivity contribution is -0.437. The summed E-state index contributed by atoms with van der Waals surface area (Å²) in [5.41, 5.74) is 5.89. The highest BCUT2D eigenvalue weighted by Gasteiger charge is 2.44. The first kappa shape index (κ1) is 34.3. The summed E-state index contributed by atoms with van der Waals surface area (Å²) in [6, 6.07) is 11.1. The second-order valence-electron chi connectivity index (χ2n) is 12.6. The van der Waals surface area contributed by atoms with E-state index in [2.05, 4.69) is 24.8 Å². The van der Waals surface area contributed by atoms with Crippen LogP contribution < -0.4 is 4.90 Å². The van der Waals surface area contributed by atoms with Gasteiger partial charge in [-0.1, -0.05) is 49.8 Å². The Morgan fingerprint density at radius 2 is 1.53 bits per heavy atom. The molecule has 0 aromatic heterocycles. The Balaban J connectivity index is 1.66. The maximum Gasteiger partial charge on any atom is 0.335 e. The van der Waals surface area contributed by atoms with Crippen LogP contribution in [0.4, 0.5) is 11.4 Å². The van der Waals surface area contributed by atoms with Gasteiger partial charge in [0, 0.05) is 47.5 Å². The van der Waals surface area contributed by atoms with Gasteiger partial charge in [-0.3, -0.25) is 9.11 Å². The molecule has 0 spiro atoms. The number of carboxylic acid groups (broad SMARTS) is 1. The summed E-state index contributed by atoms with van der Waals surface area (Å²) >= 11 is 0. The molecule has 4 rings (SSSR count). The van der Waals surface area contributed by atoms with E-state index in [1.165, 1.54) is 6.07 Å². The SMILES string of the molecule is Cc1ccc2c(c1)C(C)(C)\C(=C/C=C/C=C/C1=[N+](CCCS(=O)(=O)O)c3ccc(C(=O)O)cc3C1(C)C)N2CCCS(=O)(=O)O. The van der Waals surface area contributed by atoms with E-state index in [-0.39, 0.29) is 29.6 Å². The van der Waals surface area contributed by atoms with Gasteiger partial charge in [-0.2, -0.15) is 21.4 Å². The Morgan fingerprint density at radius 1 is 0.867 bits per heavy atom. The molecule has 10 nitrogen and oxygen atoms in total. The Bertz CT molecular complexity index is 1850. The van der Waals surface area contributed by atoms with Gasteiger partial charge in [-0.25, -0.2) is 4.79 Å². The monoisotopic (exact) mass is 657 g/mol. The van der Waals surface area contributed by atoms with Gasteiger partial charge in [0.15, 0.2) is 5.71 Å². The van der Waals surface area contributed by atoms with Crippen LogP contribution in [-0.4, -0.2) is 71.9 Å². The molecule has 45 heavy (non-hydrogen) atoms. The number of nitrogens with zero attached hydrogens (tertiary/aromatic N) is 2. The number of carboxylic acids is 1. The van der Waals surface area contributed by atoms with Crippen LogP contribution in [0, 0.1) is 6.92 Å². The van der Waals surface area contributed by atoms with Crippen LogP contribution >= 0.6 is 0 Å². The van der Waals surface area contributed by atoms with E-state index in [1.54, 1.807) is 12.1 Å². The normalized spacial score (nSPS) is 18.4. The molecule has 0 atom stereocenters. The van der Waals surface area contributed by atoms with Crippen molar-refractivity contribution in [1.29, 1.82) is 0 Å². The van der Waals surface area contributed by atoms with Crippen molar-refractivity contribution in [2.24, 2.45) is 0 Å². The molecular weight excluding hydrogens is 617 g/mol. The first-order valence-corrected chi connectivity index (χ1v) is 17.9. The third kappa shape index (κ3) is 7.63. The van der Waals surface area contributed by atoms with Crippen LogP contribution in [0.25, 0.3) is 0 Å². The van der Waals surface area contributed by atoms with Gasteiger partial charge in [-0.15, -0.1) is 0 Å². The average Bonchev–Trinajstić information content (AvgIpc) is 3.25. The molecule has 0 saturated carbocycles. The van der Waals surface area contributed by atoms with Crippen molar-refractivity contribution in [2.45, 2.75) is 58.3 Å². The van der Waals surface area contributed by atoms with Crippen molar-refractivity contribution in [2.75, 3.05) is 29.5 Å². The molecule has 0 radical (unpaired) electrons. The summed E-state index contributed by atoms with van der Waals surface area (Å²) in [6.45, 7) is 10.9. The molecule has 2 aliphatic heterocycles. The molecule has 2 heterocycles. The van der Waals surface area contributed by atoms with Crippen LogP contribution in [0.1, 0.15) is 67.6 Å². The number of anilines is 1. The van der Waals surface area contributed by atoms with Crippen molar-refractivity contribution in [1.82, 2.24) is 0 Å². The van der Waals surface area contributed by atoms with Crippen LogP contribution in [0.3, 0.4) is 0 Å². The van der Waals surface area contributed by atoms with E-state index in [1.807, 2.05) is 67.9 Å². The van der Waals surface area contributed by atoms with E-state index in [4.69, 9.17) is 0 Å². The molecule has 2 aliphatic rings. The fourth-order valence-electron chi connectivity index (χ4n) is 6.25. The first-order chi connectivity index (χ1) is 20.8. The zero-order valence-electron chi connectivity index (χ0n) is 26.2. The van der Waals surface area contributed by atoms with Crippen molar-refractivity contribution >= 4 is 43.3 Å². The third-order valence-corrected chi connectivity index (χ3v) is 10.1. The summed E-state index contributed by atoms with van der Waals surface area (Å²) in [7, 11) is -8.21. The number of carbonyl (C=O) groups is 1. The van der Waals surface area contributed by atoms with Gasteiger partial charge in [0.25, 0.3) is 20.2 Å². The topological polar surface area (TPSA) is 152 Å². The van der Waals surface area contributed by atoms with Gasteiger partial charge in [0.2, 0.25) is 5.69 Å². The molecule has 0 bridgehead atoms. The number of hydrogen-bond acceptors (Lipinski definition) is 6. The molecular formula is C33H41N2O8S2+. The second kappa shape index (κ2) is 12.7. The molecule has 0 aliphatic carbocycles. The van der Waals surface area contributed by atoms with E-state index < -0.39 is 37.4 Å². The van der Waals surface area contributed by atoms with E-state index in [9.17, 15) is 35.8 Å². The molecule has 0 saturated heterocycles. The largest absolute Gasteiger partial charge is 0.478 e. The summed E-state index contributed by atoms with van der Waals surface area (Å²) in [4.78, 5) is 13.8. The minimum atomic E-state index is -4.14. The molecule has 12 heteroatoms. The number of aromatic carboxylic acids is 1. The predicted molar refractivity (Wildman–Crippen MR) is 176 cm³/mol. The Hall–Kier alpha value is -3.58. The maximum absolute atomic E-state index is 11.7. The van der Waals surface area contributed by atoms with Gasteiger partial charge in [0.1, 0.15) is 6.54 Å². The zero-order chi connectivity index (χ0) is 33.4. The summed E-state index contributed by atoms with van der Waals surface area (Å²) in [5.74, 6) is -1.76. The quantitative estimate of drug-likeness (QED) is 0.154. The third-order valence-electron chi connectivity index (χ3n) is 8.48. The number of hydrogen-bond donors (Lipinski definition) is 3. The van der Waals surface area contributed by atoms with Gasteiger partial charge < -0.3 is 10.0 Å². The number of aryl methyl sites for hydroxylation is 1. The van der Waals surface area contributed by atoms with Crippen LogP contribution in [0.5, 0.6) is 0 Å². The van der Waals surface area contributed by atoms with Gasteiger partial charge in [-0.05, 0) is 57.0 Å². The summed E-state index contributed by atoms with van der Waals surface area (Å²) in [5, 5.41) is 9.56. The van der Waals surface area contributed by atoms with Crippen LogP contribution in [0.15, 0.2) is 72.5 Å². The number of rotatable bonds is 12. The van der Waals surface area contributed by atoms with Crippen molar-refractivity contribution in [3.05, 3.63) is 94.7 Å². The predicted octanol–water partition coefficient (Wildman–Crippen LogP) is 5.42. The Labute approximate surface area is 265 Å². The van der Waals surface area contributed by atoms with Crippen molar-refractivity contribution in [3.8, 4) is 0 Å². The Kier molecular flexibility index (Phi) is 9.65. The first-order valence-electron chi connectivity index (χ1n) is 14.7. The zero-order valence-corrected chi connectivity index (χ0v) is 27.8. The standard InChI is InChI=1S/C33H40N2O8S2/c1-23-13-15-27-25(21-23)32(2,3)29(34(27)17-9-19-44(38,39)40)11-7-6-8-12-30-33(4,5)26-22-24(31(36)37)14-16-28(26)35(30)18-10-20-45(41,42)43/h6-8,11-16,21-22H,9-10,17-20H2,1-5H3,(H2-,36,37,38,39,40,41,42,43)/p+1. The lowest BCUT2D eigenvalue weighted by Gasteiger charge is -2.27. The summed E-state index contributed by atoms with van der Waals surface area (Å²) < 4.78 is 66.0. The second-order valence-corrected chi connectivity index (χ2v) is 15.7. The number of fused-ring (bicyclic) bond motifs is 2. The van der Waals surface area contributed by atoms with E-state index in [0.29, 0.717) is 13.1 Å². The highest BCUT2D eigenvalue weighted by Crippen LogP contribution is 2.48. The molecule has 242 valence electrons. The molecule has 2 aromatic rings. The van der Waals surface area contributed by atoms with Crippen molar-refractivity contribution in [3.63, 3.8) is 0 Å². The lowest BCUT2D eigenvalue weighted by atomic mass is 9.81. The minimum absolute atomic E-state index is 0.160. The highest BCUT2D eigenvalue weighted by atomic mass is 32.2. The Morgan fingerprint density at radius 3 is 2.18 bits per heavy atom. The molecule has 0 unspecified atom stereocenters. The van der Waals surface area contributed by atoms with Crippen molar-refractivity contribution < 1.29 is 40.4 Å². The number of allylic oxidation sites excluding steroid dienone is 6. The van der Waals surface area contributed by atoms with Crippen LogP contribution in [0.2, 0.25) is 0 Å². The van der Waals surface area contributed by atoms with E-state index >= 15 is 0 Å². The molecule has 0 fully saturated rings. The lowest BCUT2D eigenvalue weighted by Crippen LogP contribution is -2.28. The molecule has 3 N–H and O–H groups in total. The number of benzene rings is 2. The molecule has 0 amide bonds. The van der Waals surface area contributed by atoms with Gasteiger partial charge in [0.05, 0.1) is 22.5 Å². The molecule has 2 aromatic carbocycles.